The molecule has 25 heavy (non-hydrogen) atoms. The zero-order valence-corrected chi connectivity index (χ0v) is 15.7. The second-order valence-corrected chi connectivity index (χ2v) is 6.31. The number of rotatable bonds is 9. The van der Waals surface area contributed by atoms with Gasteiger partial charge in [-0.25, -0.2) is 4.79 Å². The molecule has 0 saturated heterocycles. The molecular formula is C19H25ClO5. The molecule has 0 fully saturated rings. The summed E-state index contributed by atoms with van der Waals surface area (Å²) < 4.78 is 22.4. The molecule has 1 aliphatic heterocycles. The third-order valence-electron chi connectivity index (χ3n) is 3.95. The Morgan fingerprint density at radius 1 is 1.16 bits per heavy atom. The van der Waals surface area contributed by atoms with Gasteiger partial charge in [0.15, 0.2) is 0 Å². The molecule has 0 atom stereocenters. The van der Waals surface area contributed by atoms with E-state index in [-0.39, 0.29) is 5.97 Å². The van der Waals surface area contributed by atoms with Crippen LogP contribution >= 0.6 is 11.6 Å². The summed E-state index contributed by atoms with van der Waals surface area (Å²) in [5, 5.41) is 0.536. The number of carbonyl (C=O) groups excluding carboxylic acids is 1. The Morgan fingerprint density at radius 3 is 2.36 bits per heavy atom. The van der Waals surface area contributed by atoms with E-state index in [1.807, 2.05) is 13.8 Å². The summed E-state index contributed by atoms with van der Waals surface area (Å²) in [4.78, 5) is 12.7. The van der Waals surface area contributed by atoms with Crippen LogP contribution in [-0.2, 0) is 19.0 Å². The topological polar surface area (TPSA) is 54.0 Å². The van der Waals surface area contributed by atoms with Crippen LogP contribution in [0.25, 0.3) is 0 Å². The number of halogens is 1. The molecule has 0 unspecified atom stereocenters. The first-order chi connectivity index (χ1) is 12.1. The number of esters is 1. The van der Waals surface area contributed by atoms with Crippen molar-refractivity contribution in [1.82, 2.24) is 0 Å². The lowest BCUT2D eigenvalue weighted by Crippen LogP contribution is -2.46. The van der Waals surface area contributed by atoms with Gasteiger partial charge in [0.25, 0.3) is 6.29 Å². The van der Waals surface area contributed by atoms with Gasteiger partial charge in [-0.2, -0.15) is 0 Å². The molecule has 138 valence electrons. The molecule has 6 heteroatoms. The van der Waals surface area contributed by atoms with E-state index in [9.17, 15) is 4.79 Å². The second kappa shape index (κ2) is 8.99. The molecule has 0 radical (unpaired) electrons. The predicted molar refractivity (Wildman–Crippen MR) is 95.3 cm³/mol. The Kier molecular flexibility index (Phi) is 7.00. The molecule has 1 aromatic rings. The fourth-order valence-corrected chi connectivity index (χ4v) is 3.12. The molecule has 1 aromatic carbocycles. The first-order valence-corrected chi connectivity index (χ1v) is 9.05. The lowest BCUT2D eigenvalue weighted by atomic mass is 9.92. The van der Waals surface area contributed by atoms with Gasteiger partial charge >= 0.3 is 5.97 Å². The van der Waals surface area contributed by atoms with Crippen LogP contribution in [0.15, 0.2) is 30.7 Å². The number of hydrogen-bond acceptors (Lipinski definition) is 5. The maximum absolute atomic E-state index is 12.7. The summed E-state index contributed by atoms with van der Waals surface area (Å²) in [7, 11) is 0. The lowest BCUT2D eigenvalue weighted by molar-refractivity contribution is -0.163. The minimum absolute atomic E-state index is 0.309. The van der Waals surface area contributed by atoms with E-state index in [0.29, 0.717) is 35.8 Å². The second-order valence-electron chi connectivity index (χ2n) is 5.88. The van der Waals surface area contributed by atoms with Crippen LogP contribution in [-0.4, -0.2) is 18.2 Å². The minimum atomic E-state index is -1.03. The summed E-state index contributed by atoms with van der Waals surface area (Å²) >= 11 is 6.12. The summed E-state index contributed by atoms with van der Waals surface area (Å²) in [6, 6.07) is 5.18. The predicted octanol–water partition coefficient (Wildman–Crippen LogP) is 5.14. The highest BCUT2D eigenvalue weighted by Crippen LogP contribution is 2.38. The Balaban J connectivity index is 2.38. The summed E-state index contributed by atoms with van der Waals surface area (Å²) in [5.41, 5.74) is -0.396. The van der Waals surface area contributed by atoms with Crippen molar-refractivity contribution in [1.29, 1.82) is 0 Å². The van der Waals surface area contributed by atoms with E-state index in [1.54, 1.807) is 25.1 Å². The van der Waals surface area contributed by atoms with Crippen molar-refractivity contribution < 1.29 is 23.7 Å². The quantitative estimate of drug-likeness (QED) is 0.565. The molecule has 0 N–H and O–H groups in total. The van der Waals surface area contributed by atoms with Crippen LogP contribution in [0.1, 0.15) is 58.3 Å². The molecule has 0 aliphatic carbocycles. The van der Waals surface area contributed by atoms with Gasteiger partial charge in [-0.15, -0.1) is 0 Å². The van der Waals surface area contributed by atoms with E-state index in [1.165, 1.54) is 12.5 Å². The van der Waals surface area contributed by atoms with Crippen molar-refractivity contribution >= 4 is 17.6 Å². The van der Waals surface area contributed by atoms with Crippen molar-refractivity contribution in [2.45, 2.75) is 58.3 Å². The van der Waals surface area contributed by atoms with Gasteiger partial charge in [0.05, 0.1) is 12.2 Å². The number of carbonyl (C=O) groups is 1. The molecule has 1 aliphatic rings. The third-order valence-corrected chi connectivity index (χ3v) is 4.18. The zero-order valence-electron chi connectivity index (χ0n) is 14.9. The van der Waals surface area contributed by atoms with E-state index >= 15 is 0 Å². The first-order valence-electron chi connectivity index (χ1n) is 8.68. The van der Waals surface area contributed by atoms with Gasteiger partial charge in [0.2, 0.25) is 5.60 Å². The SMILES string of the molecule is CCCC(CCC)(Oc1ccc(Cl)cc1C1OC=CO1)C(=O)OCC. The van der Waals surface area contributed by atoms with Crippen molar-refractivity contribution in [3.05, 3.63) is 41.3 Å². The highest BCUT2D eigenvalue weighted by molar-refractivity contribution is 6.30. The van der Waals surface area contributed by atoms with Crippen molar-refractivity contribution in [3.63, 3.8) is 0 Å². The molecule has 1 heterocycles. The molecule has 0 spiro atoms. The Labute approximate surface area is 153 Å². The average Bonchev–Trinajstić information content (AvgIpc) is 3.11. The number of hydrogen-bond donors (Lipinski definition) is 0. The van der Waals surface area contributed by atoms with E-state index in [0.717, 1.165) is 12.8 Å². The zero-order chi connectivity index (χ0) is 18.3. The summed E-state index contributed by atoms with van der Waals surface area (Å²) in [5.74, 6) is 0.166. The van der Waals surface area contributed by atoms with Crippen molar-refractivity contribution in [3.8, 4) is 5.75 Å². The van der Waals surface area contributed by atoms with Crippen LogP contribution in [0.4, 0.5) is 0 Å². The fourth-order valence-electron chi connectivity index (χ4n) is 2.94. The van der Waals surface area contributed by atoms with E-state index < -0.39 is 11.9 Å². The van der Waals surface area contributed by atoms with Crippen LogP contribution < -0.4 is 4.74 Å². The summed E-state index contributed by atoms with van der Waals surface area (Å²) in [6.45, 7) is 6.13. The standard InChI is InChI=1S/C19H25ClO5/c1-4-9-19(10-5-2,18(21)22-6-3)25-16-8-7-14(20)13-15(16)17-23-11-12-24-17/h7-8,11-13,17H,4-6,9-10H2,1-3H3. The maximum Gasteiger partial charge on any atom is 0.350 e. The van der Waals surface area contributed by atoms with Gasteiger partial charge < -0.3 is 18.9 Å². The number of ether oxygens (including phenoxy) is 4. The minimum Gasteiger partial charge on any atom is -0.475 e. The monoisotopic (exact) mass is 368 g/mol. The molecule has 0 aromatic heterocycles. The normalized spacial score (nSPS) is 14.1. The molecule has 2 rings (SSSR count). The smallest absolute Gasteiger partial charge is 0.350 e. The van der Waals surface area contributed by atoms with Crippen LogP contribution in [0.5, 0.6) is 5.75 Å². The van der Waals surface area contributed by atoms with Crippen LogP contribution in [0.2, 0.25) is 5.02 Å². The highest BCUT2D eigenvalue weighted by Gasteiger charge is 2.42. The van der Waals surface area contributed by atoms with Gasteiger partial charge in [-0.3, -0.25) is 0 Å². The van der Waals surface area contributed by atoms with E-state index in [2.05, 4.69) is 0 Å². The Hall–Kier alpha value is -1.88. The summed E-state index contributed by atoms with van der Waals surface area (Å²) in [6.07, 6.45) is 4.99. The first kappa shape index (κ1) is 19.4. The van der Waals surface area contributed by atoms with Gasteiger partial charge in [-0.05, 0) is 38.0 Å². The molecule has 0 saturated carbocycles. The Bertz CT molecular complexity index is 600. The molecule has 0 bridgehead atoms. The van der Waals surface area contributed by atoms with Crippen LogP contribution in [0, 0.1) is 0 Å². The largest absolute Gasteiger partial charge is 0.475 e. The van der Waals surface area contributed by atoms with Gasteiger partial charge in [0.1, 0.15) is 18.3 Å². The lowest BCUT2D eigenvalue weighted by Gasteiger charge is -2.33. The van der Waals surface area contributed by atoms with Crippen molar-refractivity contribution in [2.24, 2.45) is 0 Å². The fraction of sp³-hybridized carbons (Fsp3) is 0.526. The van der Waals surface area contributed by atoms with Crippen molar-refractivity contribution in [2.75, 3.05) is 6.61 Å². The van der Waals surface area contributed by atoms with Gasteiger partial charge in [0, 0.05) is 5.02 Å². The Morgan fingerprint density at radius 2 is 1.80 bits per heavy atom. The molecular weight excluding hydrogens is 344 g/mol. The van der Waals surface area contributed by atoms with E-state index in [4.69, 9.17) is 30.5 Å². The third kappa shape index (κ3) is 4.60. The molecule has 5 nitrogen and oxygen atoms in total. The maximum atomic E-state index is 12.7. The van der Waals surface area contributed by atoms with Crippen LogP contribution in [0.3, 0.4) is 0 Å². The average molecular weight is 369 g/mol. The highest BCUT2D eigenvalue weighted by atomic mass is 35.5. The number of benzene rings is 1. The molecule has 0 amide bonds. The van der Waals surface area contributed by atoms with Gasteiger partial charge in [-0.1, -0.05) is 38.3 Å².